The van der Waals surface area contributed by atoms with Crippen LogP contribution in [0.15, 0.2) is 0 Å². The molecule has 2 saturated heterocycles. The van der Waals surface area contributed by atoms with Crippen molar-refractivity contribution in [1.82, 2.24) is 9.80 Å². The van der Waals surface area contributed by atoms with Crippen LogP contribution in [0.5, 0.6) is 0 Å². The normalized spacial score (nSPS) is 38.9. The Bertz CT molecular complexity index is 492. The molecule has 1 amide bonds. The van der Waals surface area contributed by atoms with Crippen LogP contribution in [-0.2, 0) is 4.79 Å². The molecular weight excluding hydrogens is 393 g/mol. The number of hydrogen-bond acceptors (Lipinski definition) is 3. The molecule has 2 aliphatic heterocycles. The van der Waals surface area contributed by atoms with Gasteiger partial charge in [0.25, 0.3) is 0 Å². The summed E-state index contributed by atoms with van der Waals surface area (Å²) in [4.78, 5) is 18.2. The van der Waals surface area contributed by atoms with Gasteiger partial charge in [0, 0.05) is 37.6 Å². The molecule has 4 fully saturated rings. The summed E-state index contributed by atoms with van der Waals surface area (Å²) in [5, 5.41) is 0. The summed E-state index contributed by atoms with van der Waals surface area (Å²) in [6, 6.07) is 1.09. The number of halogens is 2. The van der Waals surface area contributed by atoms with Crippen LogP contribution in [0.1, 0.15) is 71.1 Å². The van der Waals surface area contributed by atoms with Crippen LogP contribution in [0.4, 0.5) is 0 Å². The molecule has 4 aliphatic rings. The SMILES string of the molecule is CC1CCCCN1CC1CCCN(C(=O)C2CC3CCCC(C2)C3N)C1.Cl.Cl. The Balaban J connectivity index is 0.00000140. The second-order valence-corrected chi connectivity index (χ2v) is 9.83. The Morgan fingerprint density at radius 1 is 0.929 bits per heavy atom. The maximum absolute atomic E-state index is 13.3. The lowest BCUT2D eigenvalue weighted by Crippen LogP contribution is -2.52. The highest BCUT2D eigenvalue weighted by Crippen LogP contribution is 2.42. The Labute approximate surface area is 184 Å². The van der Waals surface area contributed by atoms with Crippen molar-refractivity contribution < 1.29 is 4.79 Å². The van der Waals surface area contributed by atoms with Gasteiger partial charge >= 0.3 is 0 Å². The second kappa shape index (κ2) is 10.8. The van der Waals surface area contributed by atoms with E-state index >= 15 is 0 Å². The first-order valence-corrected chi connectivity index (χ1v) is 11.4. The minimum Gasteiger partial charge on any atom is -0.342 e. The van der Waals surface area contributed by atoms with Gasteiger partial charge in [-0.15, -0.1) is 24.8 Å². The van der Waals surface area contributed by atoms with Crippen LogP contribution in [-0.4, -0.2) is 54.0 Å². The molecule has 2 heterocycles. The lowest BCUT2D eigenvalue weighted by atomic mass is 9.65. The van der Waals surface area contributed by atoms with Crippen molar-refractivity contribution in [1.29, 1.82) is 0 Å². The molecule has 0 aromatic heterocycles. The third-order valence-electron chi connectivity index (χ3n) is 8.03. The van der Waals surface area contributed by atoms with E-state index in [9.17, 15) is 4.79 Å². The van der Waals surface area contributed by atoms with Gasteiger partial charge in [-0.05, 0) is 82.6 Å². The Kier molecular flexibility index (Phi) is 9.38. The third kappa shape index (κ3) is 5.36. The Morgan fingerprint density at radius 3 is 2.32 bits per heavy atom. The second-order valence-electron chi connectivity index (χ2n) is 9.83. The van der Waals surface area contributed by atoms with Crippen molar-refractivity contribution in [3.8, 4) is 0 Å². The lowest BCUT2D eigenvalue weighted by Gasteiger charge is -2.45. The molecule has 2 bridgehead atoms. The number of fused-ring (bicyclic) bond motifs is 2. The molecule has 0 aromatic rings. The molecule has 164 valence electrons. The van der Waals surface area contributed by atoms with Gasteiger partial charge in [0.05, 0.1) is 0 Å². The maximum Gasteiger partial charge on any atom is 0.225 e. The number of carbonyl (C=O) groups excluding carboxylic acids is 1. The van der Waals surface area contributed by atoms with Crippen molar-refractivity contribution in [2.75, 3.05) is 26.2 Å². The van der Waals surface area contributed by atoms with E-state index in [1.165, 1.54) is 64.5 Å². The minimum atomic E-state index is 0. The van der Waals surface area contributed by atoms with E-state index in [1.807, 2.05) is 0 Å². The molecule has 4 atom stereocenters. The van der Waals surface area contributed by atoms with E-state index in [2.05, 4.69) is 16.7 Å². The van der Waals surface area contributed by atoms with Gasteiger partial charge in [0.15, 0.2) is 0 Å². The first-order valence-electron chi connectivity index (χ1n) is 11.4. The van der Waals surface area contributed by atoms with Crippen LogP contribution in [0.25, 0.3) is 0 Å². The van der Waals surface area contributed by atoms with E-state index < -0.39 is 0 Å². The largest absolute Gasteiger partial charge is 0.342 e. The number of hydrogen-bond donors (Lipinski definition) is 1. The minimum absolute atomic E-state index is 0. The zero-order chi connectivity index (χ0) is 18.1. The molecule has 4 unspecified atom stereocenters. The summed E-state index contributed by atoms with van der Waals surface area (Å²) < 4.78 is 0. The van der Waals surface area contributed by atoms with Crippen LogP contribution >= 0.6 is 24.8 Å². The quantitative estimate of drug-likeness (QED) is 0.728. The topological polar surface area (TPSA) is 49.6 Å². The van der Waals surface area contributed by atoms with E-state index in [0.29, 0.717) is 29.7 Å². The molecule has 0 aromatic carbocycles. The number of rotatable bonds is 3. The molecule has 2 aliphatic carbocycles. The van der Waals surface area contributed by atoms with Crippen LogP contribution in [0, 0.1) is 23.7 Å². The highest BCUT2D eigenvalue weighted by Gasteiger charge is 2.42. The molecule has 0 spiro atoms. The summed E-state index contributed by atoms with van der Waals surface area (Å²) >= 11 is 0. The van der Waals surface area contributed by atoms with Crippen LogP contribution < -0.4 is 5.73 Å². The summed E-state index contributed by atoms with van der Waals surface area (Å²) in [5.41, 5.74) is 6.43. The Morgan fingerprint density at radius 2 is 1.64 bits per heavy atom. The fraction of sp³-hybridized carbons (Fsp3) is 0.955. The van der Waals surface area contributed by atoms with Gasteiger partial charge in [0.2, 0.25) is 5.91 Å². The van der Waals surface area contributed by atoms with Gasteiger partial charge in [-0.1, -0.05) is 12.8 Å². The summed E-state index contributed by atoms with van der Waals surface area (Å²) in [6.45, 7) is 6.83. The van der Waals surface area contributed by atoms with E-state index in [0.717, 1.165) is 32.0 Å². The van der Waals surface area contributed by atoms with Crippen molar-refractivity contribution in [2.24, 2.45) is 29.4 Å². The van der Waals surface area contributed by atoms with Gasteiger partial charge < -0.3 is 15.5 Å². The molecule has 4 nitrogen and oxygen atoms in total. The number of amides is 1. The van der Waals surface area contributed by atoms with Gasteiger partial charge in [-0.25, -0.2) is 0 Å². The first kappa shape index (κ1) is 24.2. The van der Waals surface area contributed by atoms with Gasteiger partial charge in [-0.2, -0.15) is 0 Å². The highest BCUT2D eigenvalue weighted by molar-refractivity contribution is 5.85. The fourth-order valence-electron chi connectivity index (χ4n) is 6.42. The monoisotopic (exact) mass is 433 g/mol. The number of likely N-dealkylation sites (tertiary alicyclic amines) is 2. The zero-order valence-electron chi connectivity index (χ0n) is 17.6. The average molecular weight is 434 g/mol. The van der Waals surface area contributed by atoms with Gasteiger partial charge in [0.1, 0.15) is 0 Å². The van der Waals surface area contributed by atoms with Crippen LogP contribution in [0.3, 0.4) is 0 Å². The van der Waals surface area contributed by atoms with Crippen molar-refractivity contribution in [2.45, 2.75) is 83.2 Å². The standard InChI is InChI=1S/C22H39N3O.2ClH/c1-16-6-2-3-10-24(16)14-17-7-5-11-25(15-17)22(26)20-12-18-8-4-9-19(13-20)21(18)23;;/h16-21H,2-15,23H2,1H3;2*1H. The highest BCUT2D eigenvalue weighted by atomic mass is 35.5. The van der Waals surface area contributed by atoms with Crippen molar-refractivity contribution in [3.05, 3.63) is 0 Å². The van der Waals surface area contributed by atoms with E-state index in [1.54, 1.807) is 0 Å². The molecule has 4 rings (SSSR count). The van der Waals surface area contributed by atoms with E-state index in [4.69, 9.17) is 5.73 Å². The van der Waals surface area contributed by atoms with Crippen LogP contribution in [0.2, 0.25) is 0 Å². The van der Waals surface area contributed by atoms with Crippen molar-refractivity contribution in [3.63, 3.8) is 0 Å². The van der Waals surface area contributed by atoms with Gasteiger partial charge in [-0.3, -0.25) is 4.79 Å². The predicted octanol–water partition coefficient (Wildman–Crippen LogP) is 4.10. The third-order valence-corrected chi connectivity index (χ3v) is 8.03. The fourth-order valence-corrected chi connectivity index (χ4v) is 6.42. The van der Waals surface area contributed by atoms with Crippen molar-refractivity contribution >= 4 is 30.7 Å². The number of nitrogens with two attached hydrogens (primary N) is 1. The number of carbonyl (C=O) groups is 1. The maximum atomic E-state index is 13.3. The van der Waals surface area contributed by atoms with E-state index in [-0.39, 0.29) is 30.7 Å². The summed E-state index contributed by atoms with van der Waals surface area (Å²) in [5.74, 6) is 2.61. The molecule has 2 N–H and O–H groups in total. The zero-order valence-corrected chi connectivity index (χ0v) is 19.2. The average Bonchev–Trinajstić information content (AvgIpc) is 2.63. The molecule has 2 saturated carbocycles. The molecule has 28 heavy (non-hydrogen) atoms. The lowest BCUT2D eigenvalue weighted by molar-refractivity contribution is -0.140. The smallest absolute Gasteiger partial charge is 0.225 e. The predicted molar refractivity (Wildman–Crippen MR) is 120 cm³/mol. The summed E-state index contributed by atoms with van der Waals surface area (Å²) in [6.07, 6.45) is 12.5. The first-order chi connectivity index (χ1) is 12.6. The molecule has 0 radical (unpaired) electrons. The summed E-state index contributed by atoms with van der Waals surface area (Å²) in [7, 11) is 0. The molecular formula is C22H41Cl2N3O. The molecule has 6 heteroatoms. The number of nitrogens with zero attached hydrogens (tertiary/aromatic N) is 2. The number of piperidine rings is 2. The Hall–Kier alpha value is -0.0300.